The van der Waals surface area contributed by atoms with Crippen molar-refractivity contribution < 1.29 is 15.0 Å². The van der Waals surface area contributed by atoms with Crippen LogP contribution in [0.2, 0.25) is 0 Å². The molecule has 0 spiro atoms. The second-order valence-corrected chi connectivity index (χ2v) is 8.41. The van der Waals surface area contributed by atoms with Gasteiger partial charge >= 0.3 is 5.97 Å². The fraction of sp³-hybridized carbons (Fsp3) is 0.400. The van der Waals surface area contributed by atoms with Gasteiger partial charge in [0.05, 0.1) is 11.0 Å². The van der Waals surface area contributed by atoms with Gasteiger partial charge in [0.1, 0.15) is 11.4 Å². The van der Waals surface area contributed by atoms with E-state index in [0.29, 0.717) is 35.2 Å². The van der Waals surface area contributed by atoms with Crippen molar-refractivity contribution in [3.8, 4) is 5.13 Å². The van der Waals surface area contributed by atoms with Crippen LogP contribution in [0.15, 0.2) is 28.6 Å². The summed E-state index contributed by atoms with van der Waals surface area (Å²) in [6.45, 7) is 4.84. The molecule has 0 atom stereocenters. The molecule has 0 saturated carbocycles. The number of fused-ring (bicyclic) bond motifs is 1. The van der Waals surface area contributed by atoms with Gasteiger partial charge in [-0.1, -0.05) is 19.8 Å². The number of β-amino-alcohol motifs (C(OH)–C–C–N with tert-alkyl or cyclic N) is 1. The quantitative estimate of drug-likeness (QED) is 0.638. The number of unbranched alkanes of at least 4 members (excludes halogenated alkanes) is 1. The Balaban J connectivity index is 1.83. The Morgan fingerprint density at radius 3 is 2.76 bits per heavy atom. The predicted octanol–water partition coefficient (Wildman–Crippen LogP) is 2.59. The summed E-state index contributed by atoms with van der Waals surface area (Å²) in [4.78, 5) is 35.3. The molecule has 3 aromatic rings. The minimum absolute atomic E-state index is 0.269. The Hall–Kier alpha value is -2.78. The molecule has 9 heteroatoms. The number of anilines is 1. The third kappa shape index (κ3) is 3.40. The van der Waals surface area contributed by atoms with E-state index in [4.69, 9.17) is 0 Å². The molecular formula is C20H22N4O4S. The number of aliphatic hydroxyl groups is 1. The van der Waals surface area contributed by atoms with Crippen molar-refractivity contribution in [1.82, 2.24) is 14.5 Å². The molecule has 0 amide bonds. The highest BCUT2D eigenvalue weighted by atomic mass is 32.1. The van der Waals surface area contributed by atoms with Gasteiger partial charge < -0.3 is 15.1 Å². The van der Waals surface area contributed by atoms with Gasteiger partial charge in [-0.3, -0.25) is 9.36 Å². The maximum atomic E-state index is 12.8. The van der Waals surface area contributed by atoms with Gasteiger partial charge in [0.15, 0.2) is 10.8 Å². The molecule has 1 saturated heterocycles. The van der Waals surface area contributed by atoms with Crippen LogP contribution < -0.4 is 10.3 Å². The molecule has 4 rings (SSSR count). The van der Waals surface area contributed by atoms with Crippen LogP contribution >= 0.6 is 11.3 Å². The molecule has 0 radical (unpaired) electrons. The summed E-state index contributed by atoms with van der Waals surface area (Å²) in [7, 11) is 0. The molecule has 0 unspecified atom stereocenters. The van der Waals surface area contributed by atoms with Crippen molar-refractivity contribution >= 4 is 34.2 Å². The predicted molar refractivity (Wildman–Crippen MR) is 111 cm³/mol. The van der Waals surface area contributed by atoms with Gasteiger partial charge in [0.25, 0.3) is 0 Å². The van der Waals surface area contributed by atoms with Crippen molar-refractivity contribution in [2.75, 3.05) is 18.0 Å². The van der Waals surface area contributed by atoms with E-state index in [1.165, 1.54) is 17.5 Å². The number of rotatable bonds is 6. The van der Waals surface area contributed by atoms with Crippen LogP contribution in [0.3, 0.4) is 0 Å². The maximum absolute atomic E-state index is 12.8. The number of aromatic nitrogens is 3. The summed E-state index contributed by atoms with van der Waals surface area (Å²) < 4.78 is 1.56. The maximum Gasteiger partial charge on any atom is 0.341 e. The Labute approximate surface area is 171 Å². The van der Waals surface area contributed by atoms with Crippen LogP contribution in [0.25, 0.3) is 16.2 Å². The monoisotopic (exact) mass is 414 g/mol. The van der Waals surface area contributed by atoms with Gasteiger partial charge in [0, 0.05) is 30.9 Å². The third-order valence-electron chi connectivity index (χ3n) is 5.29. The van der Waals surface area contributed by atoms with E-state index in [1.807, 2.05) is 4.90 Å². The highest BCUT2D eigenvalue weighted by Gasteiger charge is 2.41. The number of hydrogen-bond acceptors (Lipinski definition) is 7. The number of carboxylic acids is 1. The van der Waals surface area contributed by atoms with Crippen LogP contribution in [-0.4, -0.2) is 49.4 Å². The van der Waals surface area contributed by atoms with E-state index in [9.17, 15) is 19.8 Å². The Kier molecular flexibility index (Phi) is 4.87. The molecule has 4 heterocycles. The first-order valence-electron chi connectivity index (χ1n) is 9.50. The molecule has 3 aromatic heterocycles. The lowest BCUT2D eigenvalue weighted by molar-refractivity contribution is 0.00168. The summed E-state index contributed by atoms with van der Waals surface area (Å²) in [5.74, 6) is -0.627. The topological polar surface area (TPSA) is 109 Å². The van der Waals surface area contributed by atoms with Crippen LogP contribution in [0.5, 0.6) is 0 Å². The first kappa shape index (κ1) is 19.5. The molecule has 2 N–H and O–H groups in total. The molecule has 1 aliphatic heterocycles. The number of nitrogens with zero attached hydrogens (tertiary/aromatic N) is 4. The Morgan fingerprint density at radius 2 is 2.14 bits per heavy atom. The molecule has 1 aliphatic rings. The first-order chi connectivity index (χ1) is 13.8. The Bertz CT molecular complexity index is 1130. The number of hydrogen-bond donors (Lipinski definition) is 2. The van der Waals surface area contributed by atoms with Crippen LogP contribution in [0.1, 0.15) is 42.1 Å². The largest absolute Gasteiger partial charge is 0.477 e. The normalized spacial score (nSPS) is 15.5. The van der Waals surface area contributed by atoms with Crippen molar-refractivity contribution in [2.24, 2.45) is 0 Å². The summed E-state index contributed by atoms with van der Waals surface area (Å²) in [5, 5.41) is 22.7. The number of aromatic carboxylic acids is 1. The van der Waals surface area contributed by atoms with Gasteiger partial charge in [-0.15, -0.1) is 11.3 Å². The number of thiazole rings is 1. The number of aryl methyl sites for hydroxylation is 1. The number of carbonyl (C=O) groups is 1. The molecule has 0 aromatic carbocycles. The molecule has 0 bridgehead atoms. The van der Waals surface area contributed by atoms with Gasteiger partial charge in [-0.2, -0.15) is 0 Å². The zero-order valence-electron chi connectivity index (χ0n) is 16.3. The van der Waals surface area contributed by atoms with Gasteiger partial charge in [-0.05, 0) is 25.0 Å². The van der Waals surface area contributed by atoms with Crippen molar-refractivity contribution in [3.05, 3.63) is 45.2 Å². The lowest BCUT2D eigenvalue weighted by atomic mass is 9.88. The SMILES string of the molecule is CCCCC1(O)CN(c2cc(C)c3c(=O)c(C(=O)O)cn(-c4nccs4)c3n2)C1. The molecular weight excluding hydrogens is 392 g/mol. The highest BCUT2D eigenvalue weighted by Crippen LogP contribution is 2.32. The second-order valence-electron chi connectivity index (χ2n) is 7.54. The molecule has 152 valence electrons. The number of carboxylic acid groups (broad SMARTS) is 1. The minimum atomic E-state index is -1.28. The van der Waals surface area contributed by atoms with E-state index < -0.39 is 17.0 Å². The smallest absolute Gasteiger partial charge is 0.341 e. The average Bonchev–Trinajstić information content (AvgIpc) is 3.18. The summed E-state index contributed by atoms with van der Waals surface area (Å²) in [6, 6.07) is 1.78. The minimum Gasteiger partial charge on any atom is -0.477 e. The van der Waals surface area contributed by atoms with Crippen LogP contribution in [0, 0.1) is 6.92 Å². The van der Waals surface area contributed by atoms with E-state index in [1.54, 1.807) is 29.1 Å². The van der Waals surface area contributed by atoms with Crippen molar-refractivity contribution in [3.63, 3.8) is 0 Å². The van der Waals surface area contributed by atoms with E-state index >= 15 is 0 Å². The lowest BCUT2D eigenvalue weighted by Gasteiger charge is -2.47. The molecule has 1 fully saturated rings. The van der Waals surface area contributed by atoms with Crippen LogP contribution in [-0.2, 0) is 0 Å². The Morgan fingerprint density at radius 1 is 1.38 bits per heavy atom. The lowest BCUT2D eigenvalue weighted by Crippen LogP contribution is -2.62. The summed E-state index contributed by atoms with van der Waals surface area (Å²) in [6.07, 6.45) is 5.65. The van der Waals surface area contributed by atoms with Crippen molar-refractivity contribution in [2.45, 2.75) is 38.7 Å². The summed E-state index contributed by atoms with van der Waals surface area (Å²) in [5.41, 5.74) is -0.563. The zero-order valence-corrected chi connectivity index (χ0v) is 17.1. The fourth-order valence-electron chi connectivity index (χ4n) is 3.76. The molecule has 8 nitrogen and oxygen atoms in total. The van der Waals surface area contributed by atoms with Crippen molar-refractivity contribution in [1.29, 1.82) is 0 Å². The summed E-state index contributed by atoms with van der Waals surface area (Å²) >= 11 is 1.33. The second kappa shape index (κ2) is 7.23. The number of pyridine rings is 2. The molecule has 29 heavy (non-hydrogen) atoms. The average molecular weight is 414 g/mol. The van der Waals surface area contributed by atoms with E-state index in [2.05, 4.69) is 16.9 Å². The van der Waals surface area contributed by atoms with Crippen LogP contribution in [0.4, 0.5) is 5.82 Å². The standard InChI is InChI=1S/C20H22N4O4S/c1-3-4-5-20(28)10-23(11-20)14-8-12(2)15-16(25)13(18(26)27)9-24(17(15)22-14)19-21-6-7-29-19/h6-9,28H,3-5,10-11H2,1-2H3,(H,26,27). The first-order valence-corrected chi connectivity index (χ1v) is 10.4. The fourth-order valence-corrected chi connectivity index (χ4v) is 4.38. The molecule has 0 aliphatic carbocycles. The van der Waals surface area contributed by atoms with E-state index in [-0.39, 0.29) is 10.9 Å². The zero-order chi connectivity index (χ0) is 20.8. The van der Waals surface area contributed by atoms with Gasteiger partial charge in [-0.25, -0.2) is 14.8 Å². The van der Waals surface area contributed by atoms with Gasteiger partial charge in [0.2, 0.25) is 5.43 Å². The highest BCUT2D eigenvalue weighted by molar-refractivity contribution is 7.12. The van der Waals surface area contributed by atoms with E-state index in [0.717, 1.165) is 19.3 Å². The third-order valence-corrected chi connectivity index (χ3v) is 6.06.